The van der Waals surface area contributed by atoms with E-state index in [1.165, 1.54) is 0 Å². The lowest BCUT2D eigenvalue weighted by atomic mass is 10.1. The van der Waals surface area contributed by atoms with E-state index in [2.05, 4.69) is 34.4 Å². The van der Waals surface area contributed by atoms with Crippen LogP contribution < -0.4 is 10.6 Å². The number of carbonyl (C=O) groups is 1. The number of pyridine rings is 1. The summed E-state index contributed by atoms with van der Waals surface area (Å²) >= 11 is 0. The van der Waals surface area contributed by atoms with Crippen LogP contribution in [0.4, 0.5) is 5.82 Å². The third kappa shape index (κ3) is 3.70. The summed E-state index contributed by atoms with van der Waals surface area (Å²) in [4.78, 5) is 18.6. The molecule has 1 aliphatic rings. The zero-order chi connectivity index (χ0) is 14.5. The van der Waals surface area contributed by atoms with Crippen LogP contribution >= 0.6 is 0 Å². The summed E-state index contributed by atoms with van der Waals surface area (Å²) in [7, 11) is 1.81. The number of carbonyl (C=O) groups excluding carboxylic acids is 1. The van der Waals surface area contributed by atoms with Crippen molar-refractivity contribution in [2.24, 2.45) is 5.92 Å². The van der Waals surface area contributed by atoms with E-state index < -0.39 is 0 Å². The molecule has 1 saturated heterocycles. The van der Waals surface area contributed by atoms with Gasteiger partial charge >= 0.3 is 0 Å². The summed E-state index contributed by atoms with van der Waals surface area (Å²) in [5.74, 6) is 1.29. The Morgan fingerprint density at radius 1 is 1.50 bits per heavy atom. The highest BCUT2D eigenvalue weighted by Gasteiger charge is 2.24. The SMILES string of the molecule is CNc1ccc(C(=O)NCC2CCN(C(C)C)C2)cn1. The molecular formula is C15H24N4O. The van der Waals surface area contributed by atoms with Crippen LogP contribution in [-0.2, 0) is 0 Å². The fourth-order valence-electron chi connectivity index (χ4n) is 2.51. The molecule has 2 rings (SSSR count). The van der Waals surface area contributed by atoms with Gasteiger partial charge in [-0.25, -0.2) is 4.98 Å². The minimum absolute atomic E-state index is 0.0387. The number of nitrogens with one attached hydrogen (secondary N) is 2. The molecule has 5 nitrogen and oxygen atoms in total. The first kappa shape index (κ1) is 14.8. The van der Waals surface area contributed by atoms with Crippen molar-refractivity contribution in [3.8, 4) is 0 Å². The van der Waals surface area contributed by atoms with Crippen molar-refractivity contribution in [2.45, 2.75) is 26.3 Å². The van der Waals surface area contributed by atoms with E-state index in [0.29, 0.717) is 17.5 Å². The van der Waals surface area contributed by atoms with Gasteiger partial charge in [-0.3, -0.25) is 4.79 Å². The number of anilines is 1. The van der Waals surface area contributed by atoms with Crippen molar-refractivity contribution >= 4 is 11.7 Å². The highest BCUT2D eigenvalue weighted by molar-refractivity contribution is 5.94. The van der Waals surface area contributed by atoms with Crippen molar-refractivity contribution in [3.63, 3.8) is 0 Å². The first-order valence-electron chi connectivity index (χ1n) is 7.26. The smallest absolute Gasteiger partial charge is 0.252 e. The maximum absolute atomic E-state index is 12.0. The Bertz CT molecular complexity index is 444. The van der Waals surface area contributed by atoms with Gasteiger partial charge in [-0.05, 0) is 44.9 Å². The zero-order valence-corrected chi connectivity index (χ0v) is 12.5. The predicted octanol–water partition coefficient (Wildman–Crippen LogP) is 1.58. The average Bonchev–Trinajstić information content (AvgIpc) is 2.94. The Balaban J connectivity index is 1.80. The van der Waals surface area contributed by atoms with Crippen molar-refractivity contribution < 1.29 is 4.79 Å². The van der Waals surface area contributed by atoms with Gasteiger partial charge in [-0.1, -0.05) is 0 Å². The molecule has 1 aliphatic heterocycles. The number of rotatable bonds is 5. The van der Waals surface area contributed by atoms with E-state index in [4.69, 9.17) is 0 Å². The first-order valence-corrected chi connectivity index (χ1v) is 7.26. The third-order valence-corrected chi connectivity index (χ3v) is 3.88. The zero-order valence-electron chi connectivity index (χ0n) is 12.5. The highest BCUT2D eigenvalue weighted by atomic mass is 16.1. The number of amides is 1. The summed E-state index contributed by atoms with van der Waals surface area (Å²) in [6.45, 7) is 7.40. The van der Waals surface area contributed by atoms with E-state index in [-0.39, 0.29) is 5.91 Å². The van der Waals surface area contributed by atoms with Crippen molar-refractivity contribution in [1.82, 2.24) is 15.2 Å². The van der Waals surface area contributed by atoms with Crippen LogP contribution in [0.5, 0.6) is 0 Å². The van der Waals surface area contributed by atoms with Crippen LogP contribution in [0.25, 0.3) is 0 Å². The minimum Gasteiger partial charge on any atom is -0.373 e. The second kappa shape index (κ2) is 6.70. The Hall–Kier alpha value is -1.62. The molecule has 0 bridgehead atoms. The van der Waals surface area contributed by atoms with Gasteiger partial charge in [-0.2, -0.15) is 0 Å². The molecule has 2 N–H and O–H groups in total. The molecule has 0 spiro atoms. The van der Waals surface area contributed by atoms with Crippen LogP contribution in [0.3, 0.4) is 0 Å². The van der Waals surface area contributed by atoms with Crippen LogP contribution in [0, 0.1) is 5.92 Å². The molecule has 1 aromatic heterocycles. The molecule has 0 radical (unpaired) electrons. The molecule has 1 aromatic rings. The molecule has 0 saturated carbocycles. The van der Waals surface area contributed by atoms with E-state index in [1.807, 2.05) is 13.1 Å². The molecule has 1 amide bonds. The third-order valence-electron chi connectivity index (χ3n) is 3.88. The van der Waals surface area contributed by atoms with Crippen molar-refractivity contribution in [3.05, 3.63) is 23.9 Å². The van der Waals surface area contributed by atoms with E-state index in [0.717, 1.165) is 31.9 Å². The number of hydrogen-bond acceptors (Lipinski definition) is 4. The molecule has 1 fully saturated rings. The normalized spacial score (nSPS) is 19.3. The maximum Gasteiger partial charge on any atom is 0.252 e. The summed E-state index contributed by atoms with van der Waals surface area (Å²) in [5.41, 5.74) is 0.614. The second-order valence-corrected chi connectivity index (χ2v) is 5.64. The average molecular weight is 276 g/mol. The maximum atomic E-state index is 12.0. The van der Waals surface area contributed by atoms with Gasteiger partial charge in [0.15, 0.2) is 0 Å². The summed E-state index contributed by atoms with van der Waals surface area (Å²) in [5, 5.41) is 5.95. The van der Waals surface area contributed by atoms with Gasteiger partial charge in [0.05, 0.1) is 5.56 Å². The lowest BCUT2D eigenvalue weighted by molar-refractivity contribution is 0.0947. The van der Waals surface area contributed by atoms with E-state index in [9.17, 15) is 4.79 Å². The molecule has 0 aliphatic carbocycles. The van der Waals surface area contributed by atoms with Crippen LogP contribution in [0.1, 0.15) is 30.6 Å². The topological polar surface area (TPSA) is 57.3 Å². The molecule has 2 heterocycles. The first-order chi connectivity index (χ1) is 9.60. The molecule has 110 valence electrons. The van der Waals surface area contributed by atoms with Gasteiger partial charge in [0.1, 0.15) is 5.82 Å². The lowest BCUT2D eigenvalue weighted by Crippen LogP contribution is -2.33. The van der Waals surface area contributed by atoms with E-state index in [1.54, 1.807) is 12.3 Å². The van der Waals surface area contributed by atoms with Crippen LogP contribution in [-0.4, -0.2) is 48.5 Å². The Morgan fingerprint density at radius 2 is 2.30 bits per heavy atom. The fraction of sp³-hybridized carbons (Fsp3) is 0.600. The summed E-state index contributed by atoms with van der Waals surface area (Å²) in [6, 6.07) is 4.20. The molecule has 1 unspecified atom stereocenters. The molecule has 5 heteroatoms. The summed E-state index contributed by atoms with van der Waals surface area (Å²) in [6.07, 6.45) is 2.77. The largest absolute Gasteiger partial charge is 0.373 e. The Kier molecular flexibility index (Phi) is 4.95. The van der Waals surface area contributed by atoms with Gasteiger partial charge in [0, 0.05) is 32.4 Å². The highest BCUT2D eigenvalue weighted by Crippen LogP contribution is 2.17. The Morgan fingerprint density at radius 3 is 2.85 bits per heavy atom. The van der Waals surface area contributed by atoms with Gasteiger partial charge in [0.25, 0.3) is 5.91 Å². The van der Waals surface area contributed by atoms with Crippen LogP contribution in [0.15, 0.2) is 18.3 Å². The van der Waals surface area contributed by atoms with Gasteiger partial charge < -0.3 is 15.5 Å². The van der Waals surface area contributed by atoms with Crippen molar-refractivity contribution in [1.29, 1.82) is 0 Å². The number of nitrogens with zero attached hydrogens (tertiary/aromatic N) is 2. The second-order valence-electron chi connectivity index (χ2n) is 5.64. The van der Waals surface area contributed by atoms with E-state index >= 15 is 0 Å². The fourth-order valence-corrected chi connectivity index (χ4v) is 2.51. The van der Waals surface area contributed by atoms with Crippen LogP contribution in [0.2, 0.25) is 0 Å². The number of aromatic nitrogens is 1. The molecular weight excluding hydrogens is 252 g/mol. The van der Waals surface area contributed by atoms with Gasteiger partial charge in [-0.15, -0.1) is 0 Å². The molecule has 20 heavy (non-hydrogen) atoms. The number of likely N-dealkylation sites (tertiary alicyclic amines) is 1. The molecule has 0 aromatic carbocycles. The quantitative estimate of drug-likeness (QED) is 0.857. The Labute approximate surface area is 120 Å². The lowest BCUT2D eigenvalue weighted by Gasteiger charge is -2.20. The number of hydrogen-bond donors (Lipinski definition) is 2. The predicted molar refractivity (Wildman–Crippen MR) is 80.9 cm³/mol. The van der Waals surface area contributed by atoms with Crippen molar-refractivity contribution in [2.75, 3.05) is 32.0 Å². The standard InChI is InChI=1S/C15H24N4O/c1-11(2)19-7-6-12(10-19)8-18-15(20)13-4-5-14(16-3)17-9-13/h4-5,9,11-12H,6-8,10H2,1-3H3,(H,16,17)(H,18,20). The monoisotopic (exact) mass is 276 g/mol. The molecule has 1 atom stereocenters. The van der Waals surface area contributed by atoms with Gasteiger partial charge in [0.2, 0.25) is 0 Å². The minimum atomic E-state index is -0.0387. The summed E-state index contributed by atoms with van der Waals surface area (Å²) < 4.78 is 0.